The summed E-state index contributed by atoms with van der Waals surface area (Å²) in [6.45, 7) is 6.71. The Hall–Kier alpha value is -1.35. The smallest absolute Gasteiger partial charge is 0.240 e. The average molecular weight is 206 g/mol. The molecule has 0 unspecified atom stereocenters. The Bertz CT molecular complexity index is 340. The van der Waals surface area contributed by atoms with E-state index in [9.17, 15) is 4.79 Å². The van der Waals surface area contributed by atoms with E-state index in [1.165, 1.54) is 0 Å². The first-order chi connectivity index (χ1) is 7.08. The Morgan fingerprint density at radius 3 is 2.20 bits per heavy atom. The molecule has 0 aromatic heterocycles. The van der Waals surface area contributed by atoms with E-state index >= 15 is 0 Å². The third kappa shape index (κ3) is 2.80. The quantitative estimate of drug-likeness (QED) is 0.816. The molecule has 1 amide bonds. The second-order valence-corrected chi connectivity index (χ2v) is 3.69. The first kappa shape index (κ1) is 11.7. The zero-order valence-electron chi connectivity index (χ0n) is 9.58. The van der Waals surface area contributed by atoms with Crippen molar-refractivity contribution in [1.29, 1.82) is 0 Å². The van der Waals surface area contributed by atoms with Gasteiger partial charge in [-0.25, -0.2) is 0 Å². The third-order valence-electron chi connectivity index (χ3n) is 2.31. The van der Waals surface area contributed by atoms with Gasteiger partial charge in [0.25, 0.3) is 0 Å². The topological polar surface area (TPSA) is 46.3 Å². The molecule has 3 heteroatoms. The summed E-state index contributed by atoms with van der Waals surface area (Å²) < 4.78 is 0. The van der Waals surface area contributed by atoms with Gasteiger partial charge in [0.1, 0.15) is 0 Å². The van der Waals surface area contributed by atoms with Crippen LogP contribution in [0.5, 0.6) is 0 Å². The van der Waals surface area contributed by atoms with Crippen molar-refractivity contribution in [3.63, 3.8) is 0 Å². The highest BCUT2D eigenvalue weighted by Gasteiger charge is 2.12. The molecular weight excluding hydrogens is 188 g/mol. The number of aryl methyl sites for hydroxylation is 2. The van der Waals surface area contributed by atoms with Crippen LogP contribution in [0.2, 0.25) is 0 Å². The van der Waals surface area contributed by atoms with Gasteiger partial charge in [-0.05, 0) is 44.0 Å². The lowest BCUT2D eigenvalue weighted by atomic mass is 10.1. The van der Waals surface area contributed by atoms with Crippen molar-refractivity contribution in [2.75, 3.05) is 18.0 Å². The van der Waals surface area contributed by atoms with Gasteiger partial charge in [-0.3, -0.25) is 4.79 Å². The molecule has 0 atom stereocenters. The van der Waals surface area contributed by atoms with Crippen molar-refractivity contribution < 1.29 is 4.79 Å². The largest absolute Gasteiger partial charge is 0.322 e. The maximum atomic E-state index is 11.6. The predicted molar refractivity (Wildman–Crippen MR) is 63.0 cm³/mol. The summed E-state index contributed by atoms with van der Waals surface area (Å²) in [5.74, 6) is -0.0394. The molecule has 0 fully saturated rings. The number of likely N-dealkylation sites (N-methyl/N-ethyl adjacent to an activating group) is 1. The van der Waals surface area contributed by atoms with E-state index < -0.39 is 0 Å². The van der Waals surface area contributed by atoms with E-state index in [1.54, 1.807) is 4.90 Å². The molecular formula is C12H18N2O. The van der Waals surface area contributed by atoms with Crippen LogP contribution in [0.15, 0.2) is 18.2 Å². The lowest BCUT2D eigenvalue weighted by molar-refractivity contribution is -0.117. The molecule has 0 saturated heterocycles. The number of nitrogens with two attached hydrogens (primary N) is 1. The van der Waals surface area contributed by atoms with Gasteiger partial charge < -0.3 is 10.6 Å². The number of benzene rings is 1. The summed E-state index contributed by atoms with van der Waals surface area (Å²) >= 11 is 0. The van der Waals surface area contributed by atoms with E-state index in [-0.39, 0.29) is 12.5 Å². The lowest BCUT2D eigenvalue weighted by Gasteiger charge is -2.21. The molecule has 2 N–H and O–H groups in total. The van der Waals surface area contributed by atoms with Crippen molar-refractivity contribution in [1.82, 2.24) is 0 Å². The molecule has 0 spiro atoms. The van der Waals surface area contributed by atoms with Crippen LogP contribution in [0.25, 0.3) is 0 Å². The third-order valence-corrected chi connectivity index (χ3v) is 2.31. The maximum Gasteiger partial charge on any atom is 0.240 e. The molecule has 3 nitrogen and oxygen atoms in total. The highest BCUT2D eigenvalue weighted by Crippen LogP contribution is 2.18. The van der Waals surface area contributed by atoms with Crippen LogP contribution in [0.3, 0.4) is 0 Å². The summed E-state index contributed by atoms with van der Waals surface area (Å²) in [5.41, 5.74) is 8.63. The fraction of sp³-hybridized carbons (Fsp3) is 0.417. The minimum Gasteiger partial charge on any atom is -0.322 e. The van der Waals surface area contributed by atoms with Crippen LogP contribution in [-0.2, 0) is 4.79 Å². The number of carbonyl (C=O) groups is 1. The van der Waals surface area contributed by atoms with E-state index in [1.807, 2.05) is 32.9 Å². The Balaban J connectivity index is 3.06. The number of rotatable bonds is 3. The fourth-order valence-corrected chi connectivity index (χ4v) is 1.72. The Morgan fingerprint density at radius 2 is 1.80 bits per heavy atom. The number of anilines is 1. The summed E-state index contributed by atoms with van der Waals surface area (Å²) in [4.78, 5) is 13.3. The Morgan fingerprint density at radius 1 is 1.27 bits per heavy atom. The fourth-order valence-electron chi connectivity index (χ4n) is 1.72. The van der Waals surface area contributed by atoms with Crippen molar-refractivity contribution in [3.05, 3.63) is 29.3 Å². The second-order valence-electron chi connectivity index (χ2n) is 3.69. The molecule has 0 aliphatic heterocycles. The highest BCUT2D eigenvalue weighted by molar-refractivity contribution is 5.94. The Kier molecular flexibility index (Phi) is 3.86. The van der Waals surface area contributed by atoms with E-state index in [0.717, 1.165) is 16.8 Å². The van der Waals surface area contributed by atoms with E-state index in [0.29, 0.717) is 6.54 Å². The van der Waals surface area contributed by atoms with Crippen molar-refractivity contribution in [2.45, 2.75) is 20.8 Å². The lowest BCUT2D eigenvalue weighted by Crippen LogP contribution is -2.35. The van der Waals surface area contributed by atoms with Gasteiger partial charge in [-0.2, -0.15) is 0 Å². The molecule has 0 bridgehead atoms. The Labute approximate surface area is 90.9 Å². The zero-order chi connectivity index (χ0) is 11.4. The number of hydrogen-bond donors (Lipinski definition) is 1. The molecule has 0 saturated carbocycles. The van der Waals surface area contributed by atoms with Crippen LogP contribution >= 0.6 is 0 Å². The number of carbonyl (C=O) groups excluding carboxylic acids is 1. The first-order valence-electron chi connectivity index (χ1n) is 5.17. The van der Waals surface area contributed by atoms with Gasteiger partial charge in [0, 0.05) is 12.2 Å². The van der Waals surface area contributed by atoms with Gasteiger partial charge in [0.2, 0.25) is 5.91 Å². The molecule has 82 valence electrons. The van der Waals surface area contributed by atoms with Crippen LogP contribution < -0.4 is 10.6 Å². The van der Waals surface area contributed by atoms with Gasteiger partial charge in [0.05, 0.1) is 6.54 Å². The van der Waals surface area contributed by atoms with Crippen molar-refractivity contribution >= 4 is 11.6 Å². The standard InChI is InChI=1S/C12H18N2O/c1-4-14(12(15)8-13)11-6-9(2)5-10(3)7-11/h5-7H,4,8,13H2,1-3H3. The predicted octanol–water partition coefficient (Wildman–Crippen LogP) is 1.62. The van der Waals surface area contributed by atoms with Crippen LogP contribution in [0.4, 0.5) is 5.69 Å². The number of hydrogen-bond acceptors (Lipinski definition) is 2. The van der Waals surface area contributed by atoms with E-state index in [2.05, 4.69) is 6.07 Å². The van der Waals surface area contributed by atoms with Gasteiger partial charge in [-0.15, -0.1) is 0 Å². The SMILES string of the molecule is CCN(C(=O)CN)c1cc(C)cc(C)c1. The zero-order valence-corrected chi connectivity index (χ0v) is 9.58. The first-order valence-corrected chi connectivity index (χ1v) is 5.17. The monoisotopic (exact) mass is 206 g/mol. The number of amides is 1. The van der Waals surface area contributed by atoms with Crippen LogP contribution in [0, 0.1) is 13.8 Å². The summed E-state index contributed by atoms with van der Waals surface area (Å²) in [6, 6.07) is 6.10. The van der Waals surface area contributed by atoms with Crippen molar-refractivity contribution in [3.8, 4) is 0 Å². The van der Waals surface area contributed by atoms with Gasteiger partial charge >= 0.3 is 0 Å². The van der Waals surface area contributed by atoms with E-state index in [4.69, 9.17) is 5.73 Å². The average Bonchev–Trinajstić information content (AvgIpc) is 2.17. The molecule has 0 aliphatic rings. The highest BCUT2D eigenvalue weighted by atomic mass is 16.2. The second kappa shape index (κ2) is 4.94. The molecule has 0 radical (unpaired) electrons. The minimum atomic E-state index is -0.0394. The summed E-state index contributed by atoms with van der Waals surface area (Å²) in [7, 11) is 0. The van der Waals surface area contributed by atoms with Crippen LogP contribution in [0.1, 0.15) is 18.1 Å². The summed E-state index contributed by atoms with van der Waals surface area (Å²) in [6.07, 6.45) is 0. The van der Waals surface area contributed by atoms with Gasteiger partial charge in [0.15, 0.2) is 0 Å². The minimum absolute atomic E-state index is 0.0394. The van der Waals surface area contributed by atoms with Crippen molar-refractivity contribution in [2.24, 2.45) is 5.73 Å². The molecule has 1 rings (SSSR count). The maximum absolute atomic E-state index is 11.6. The molecule has 15 heavy (non-hydrogen) atoms. The molecule has 0 aliphatic carbocycles. The normalized spacial score (nSPS) is 10.1. The number of nitrogens with zero attached hydrogens (tertiary/aromatic N) is 1. The molecule has 1 aromatic rings. The molecule has 0 heterocycles. The van der Waals surface area contributed by atoms with Crippen LogP contribution in [-0.4, -0.2) is 19.0 Å². The molecule has 1 aromatic carbocycles. The summed E-state index contributed by atoms with van der Waals surface area (Å²) in [5, 5.41) is 0. The van der Waals surface area contributed by atoms with Gasteiger partial charge in [-0.1, -0.05) is 6.07 Å².